The van der Waals surface area contributed by atoms with E-state index in [-0.39, 0.29) is 0 Å². The van der Waals surface area contributed by atoms with Crippen molar-refractivity contribution in [2.45, 2.75) is 20.4 Å². The summed E-state index contributed by atoms with van der Waals surface area (Å²) in [5.74, 6) is 1.36. The van der Waals surface area contributed by atoms with Crippen LogP contribution in [-0.4, -0.2) is 6.54 Å². The number of hydrogen-bond acceptors (Lipinski definition) is 2. The minimum atomic E-state index is 0.434. The average molecular weight is 310 g/mol. The molecule has 0 aromatic heterocycles. The molecule has 1 N–H and O–H groups in total. The standard InChI is InChI=1S/C16H17Cl2NO/c1-3-19-10-12-9-11(2)7-8-14(12)20-15-6-4-5-13(17)16(15)18/h4-9,19H,3,10H2,1-2H3. The lowest BCUT2D eigenvalue weighted by Crippen LogP contribution is -2.12. The summed E-state index contributed by atoms with van der Waals surface area (Å²) < 4.78 is 5.92. The van der Waals surface area contributed by atoms with Gasteiger partial charge < -0.3 is 10.1 Å². The molecule has 0 amide bonds. The third kappa shape index (κ3) is 3.66. The fourth-order valence-corrected chi connectivity index (χ4v) is 2.22. The van der Waals surface area contributed by atoms with Gasteiger partial charge in [0.05, 0.1) is 5.02 Å². The van der Waals surface area contributed by atoms with E-state index in [0.29, 0.717) is 15.8 Å². The Balaban J connectivity index is 2.30. The molecule has 20 heavy (non-hydrogen) atoms. The van der Waals surface area contributed by atoms with Crippen LogP contribution in [0.4, 0.5) is 0 Å². The Kier molecular flexibility index (Phi) is 5.30. The lowest BCUT2D eigenvalue weighted by Gasteiger charge is -2.13. The van der Waals surface area contributed by atoms with Crippen LogP contribution in [0.3, 0.4) is 0 Å². The third-order valence-electron chi connectivity index (χ3n) is 2.92. The molecule has 0 spiro atoms. The number of aryl methyl sites for hydroxylation is 1. The van der Waals surface area contributed by atoms with Crippen LogP contribution < -0.4 is 10.1 Å². The first-order chi connectivity index (χ1) is 9.61. The number of halogens is 2. The molecule has 0 saturated heterocycles. The topological polar surface area (TPSA) is 21.3 Å². The molecule has 4 heteroatoms. The van der Waals surface area contributed by atoms with Gasteiger partial charge in [-0.2, -0.15) is 0 Å². The molecule has 0 aliphatic heterocycles. The lowest BCUT2D eigenvalue weighted by atomic mass is 10.1. The van der Waals surface area contributed by atoms with E-state index in [1.165, 1.54) is 5.56 Å². The van der Waals surface area contributed by atoms with E-state index in [1.807, 2.05) is 24.3 Å². The number of nitrogens with one attached hydrogen (secondary N) is 1. The molecule has 0 radical (unpaired) electrons. The first kappa shape index (κ1) is 15.2. The molecule has 2 rings (SSSR count). The average Bonchev–Trinajstić information content (AvgIpc) is 2.44. The zero-order valence-corrected chi connectivity index (χ0v) is 13.1. The van der Waals surface area contributed by atoms with E-state index >= 15 is 0 Å². The molecular weight excluding hydrogens is 293 g/mol. The predicted octanol–water partition coefficient (Wildman–Crippen LogP) is 5.20. The molecule has 0 unspecified atom stereocenters. The van der Waals surface area contributed by atoms with E-state index in [9.17, 15) is 0 Å². The molecule has 0 saturated carbocycles. The minimum absolute atomic E-state index is 0.434. The van der Waals surface area contributed by atoms with Gasteiger partial charge in [0.15, 0.2) is 0 Å². The second-order valence-electron chi connectivity index (χ2n) is 4.55. The predicted molar refractivity (Wildman–Crippen MR) is 85.1 cm³/mol. The van der Waals surface area contributed by atoms with E-state index in [0.717, 1.165) is 24.4 Å². The maximum Gasteiger partial charge on any atom is 0.147 e. The van der Waals surface area contributed by atoms with Crippen molar-refractivity contribution in [2.75, 3.05) is 6.54 Å². The summed E-state index contributed by atoms with van der Waals surface area (Å²) in [6.07, 6.45) is 0. The van der Waals surface area contributed by atoms with Gasteiger partial charge in [-0.15, -0.1) is 0 Å². The number of benzene rings is 2. The third-order valence-corrected chi connectivity index (χ3v) is 3.72. The SMILES string of the molecule is CCNCc1cc(C)ccc1Oc1cccc(Cl)c1Cl. The van der Waals surface area contributed by atoms with Crippen molar-refractivity contribution in [1.82, 2.24) is 5.32 Å². The smallest absolute Gasteiger partial charge is 0.147 e. The lowest BCUT2D eigenvalue weighted by molar-refractivity contribution is 0.473. The van der Waals surface area contributed by atoms with Crippen LogP contribution in [0.25, 0.3) is 0 Å². The van der Waals surface area contributed by atoms with Gasteiger partial charge in [-0.3, -0.25) is 0 Å². The van der Waals surface area contributed by atoms with Crippen molar-refractivity contribution in [1.29, 1.82) is 0 Å². The fraction of sp³-hybridized carbons (Fsp3) is 0.250. The van der Waals surface area contributed by atoms with Crippen LogP contribution in [0, 0.1) is 6.92 Å². The van der Waals surface area contributed by atoms with Crippen molar-refractivity contribution in [3.63, 3.8) is 0 Å². The zero-order valence-electron chi connectivity index (χ0n) is 11.5. The highest BCUT2D eigenvalue weighted by Crippen LogP contribution is 2.35. The van der Waals surface area contributed by atoms with Crippen molar-refractivity contribution >= 4 is 23.2 Å². The summed E-state index contributed by atoms with van der Waals surface area (Å²) in [7, 11) is 0. The molecule has 2 aromatic rings. The van der Waals surface area contributed by atoms with Crippen molar-refractivity contribution in [3.05, 3.63) is 57.6 Å². The Morgan fingerprint density at radius 3 is 2.65 bits per heavy atom. The molecule has 0 heterocycles. The van der Waals surface area contributed by atoms with Gasteiger partial charge >= 0.3 is 0 Å². The molecule has 0 fully saturated rings. The summed E-state index contributed by atoms with van der Waals surface area (Å²) in [5, 5.41) is 4.23. The van der Waals surface area contributed by atoms with E-state index < -0.39 is 0 Å². The second-order valence-corrected chi connectivity index (χ2v) is 5.33. The van der Waals surface area contributed by atoms with E-state index in [2.05, 4.69) is 25.2 Å². The summed E-state index contributed by atoms with van der Waals surface area (Å²) in [5.41, 5.74) is 2.30. The molecule has 0 bridgehead atoms. The van der Waals surface area contributed by atoms with Gasteiger partial charge in [0.1, 0.15) is 16.5 Å². The second kappa shape index (κ2) is 6.98. The van der Waals surface area contributed by atoms with Crippen LogP contribution in [0.15, 0.2) is 36.4 Å². The maximum absolute atomic E-state index is 6.16. The highest BCUT2D eigenvalue weighted by atomic mass is 35.5. The highest BCUT2D eigenvalue weighted by molar-refractivity contribution is 6.42. The van der Waals surface area contributed by atoms with Crippen LogP contribution in [0.5, 0.6) is 11.5 Å². The Morgan fingerprint density at radius 1 is 1.10 bits per heavy atom. The van der Waals surface area contributed by atoms with Gasteiger partial charge in [0.2, 0.25) is 0 Å². The number of hydrogen-bond donors (Lipinski definition) is 1. The van der Waals surface area contributed by atoms with Gasteiger partial charge in [-0.05, 0) is 31.7 Å². The normalized spacial score (nSPS) is 10.6. The molecule has 0 aliphatic carbocycles. The van der Waals surface area contributed by atoms with Gasteiger partial charge in [0.25, 0.3) is 0 Å². The summed E-state index contributed by atoms with van der Waals surface area (Å²) in [4.78, 5) is 0. The molecule has 2 nitrogen and oxygen atoms in total. The summed E-state index contributed by atoms with van der Waals surface area (Å²) in [6.45, 7) is 5.80. The molecule has 106 valence electrons. The Labute approximate surface area is 129 Å². The van der Waals surface area contributed by atoms with Crippen molar-refractivity contribution in [3.8, 4) is 11.5 Å². The van der Waals surface area contributed by atoms with Crippen LogP contribution >= 0.6 is 23.2 Å². The van der Waals surface area contributed by atoms with Crippen LogP contribution in [-0.2, 0) is 6.54 Å². The zero-order chi connectivity index (χ0) is 14.5. The number of rotatable bonds is 5. The first-order valence-corrected chi connectivity index (χ1v) is 7.29. The minimum Gasteiger partial charge on any atom is -0.455 e. The Hall–Kier alpha value is -1.22. The fourth-order valence-electron chi connectivity index (χ4n) is 1.89. The molecule has 2 aromatic carbocycles. The molecule has 0 atom stereocenters. The Morgan fingerprint density at radius 2 is 1.90 bits per heavy atom. The Bertz CT molecular complexity index is 599. The maximum atomic E-state index is 6.16. The quantitative estimate of drug-likeness (QED) is 0.819. The monoisotopic (exact) mass is 309 g/mol. The first-order valence-electron chi connectivity index (χ1n) is 6.54. The van der Waals surface area contributed by atoms with Gasteiger partial charge in [-0.1, -0.05) is 53.9 Å². The summed E-state index contributed by atoms with van der Waals surface area (Å²) in [6, 6.07) is 11.5. The molecular formula is C16H17Cl2NO. The van der Waals surface area contributed by atoms with E-state index in [1.54, 1.807) is 6.07 Å². The van der Waals surface area contributed by atoms with E-state index in [4.69, 9.17) is 27.9 Å². The van der Waals surface area contributed by atoms with Crippen molar-refractivity contribution < 1.29 is 4.74 Å². The van der Waals surface area contributed by atoms with Gasteiger partial charge in [-0.25, -0.2) is 0 Å². The molecule has 0 aliphatic rings. The largest absolute Gasteiger partial charge is 0.455 e. The van der Waals surface area contributed by atoms with Crippen LogP contribution in [0.2, 0.25) is 10.0 Å². The van der Waals surface area contributed by atoms with Crippen LogP contribution in [0.1, 0.15) is 18.1 Å². The van der Waals surface area contributed by atoms with Gasteiger partial charge in [0, 0.05) is 12.1 Å². The van der Waals surface area contributed by atoms with Crippen molar-refractivity contribution in [2.24, 2.45) is 0 Å². The summed E-state index contributed by atoms with van der Waals surface area (Å²) >= 11 is 12.2. The number of ether oxygens (including phenoxy) is 1. The highest BCUT2D eigenvalue weighted by Gasteiger charge is 2.10.